The number of rotatable bonds is 2. The summed E-state index contributed by atoms with van der Waals surface area (Å²) in [6.45, 7) is 2.06. The van der Waals surface area contributed by atoms with Crippen LogP contribution in [0.3, 0.4) is 0 Å². The molecule has 5 heteroatoms. The summed E-state index contributed by atoms with van der Waals surface area (Å²) >= 11 is 0. The second kappa shape index (κ2) is 6.48. The van der Waals surface area contributed by atoms with Gasteiger partial charge in [0.05, 0.1) is 26.3 Å². The Labute approximate surface area is 113 Å². The Balaban J connectivity index is 0.00000162. The lowest BCUT2D eigenvalue weighted by molar-refractivity contribution is -0.858. The lowest BCUT2D eigenvalue weighted by atomic mass is 9.94. The van der Waals surface area contributed by atoms with Gasteiger partial charge >= 0.3 is 0 Å². The number of aliphatic hydroxyl groups is 1. The molecule has 0 aromatic heterocycles. The van der Waals surface area contributed by atoms with Crippen molar-refractivity contribution in [2.75, 3.05) is 26.3 Å². The standard InChI is InChI=1S/C13H18FNO2.ClH/c1-15-6-7-17-10-13(16,9-15)8-11-4-2-3-5-12(11)14;/h2-5,15-16H,1,6-10H2;1H. The third-order valence-electron chi connectivity index (χ3n) is 3.03. The van der Waals surface area contributed by atoms with Crippen LogP contribution in [0, 0.1) is 12.9 Å². The van der Waals surface area contributed by atoms with Crippen LogP contribution < -0.4 is 4.90 Å². The van der Waals surface area contributed by atoms with Gasteiger partial charge in [-0.15, -0.1) is 12.4 Å². The molecule has 0 aliphatic carbocycles. The molecule has 102 valence electrons. The molecule has 1 aromatic rings. The van der Waals surface area contributed by atoms with E-state index in [1.54, 1.807) is 18.2 Å². The zero-order valence-corrected chi connectivity index (χ0v) is 11.0. The number of benzene rings is 1. The SMILES string of the molecule is Cl.[CH2-][NH+]1CCOCC(O)(Cc2ccccc2F)C1. The lowest BCUT2D eigenvalue weighted by Crippen LogP contribution is -3.09. The van der Waals surface area contributed by atoms with E-state index < -0.39 is 5.60 Å². The first-order valence-corrected chi connectivity index (χ1v) is 5.79. The van der Waals surface area contributed by atoms with Crippen molar-refractivity contribution >= 4 is 12.4 Å². The Morgan fingerprint density at radius 1 is 1.44 bits per heavy atom. The van der Waals surface area contributed by atoms with Gasteiger partial charge in [-0.2, -0.15) is 7.05 Å². The molecule has 1 heterocycles. The summed E-state index contributed by atoms with van der Waals surface area (Å²) in [5, 5.41) is 10.4. The topological polar surface area (TPSA) is 33.9 Å². The van der Waals surface area contributed by atoms with E-state index in [2.05, 4.69) is 7.05 Å². The van der Waals surface area contributed by atoms with E-state index in [1.165, 1.54) is 6.07 Å². The van der Waals surface area contributed by atoms with Gasteiger partial charge in [-0.05, 0) is 11.6 Å². The van der Waals surface area contributed by atoms with E-state index in [0.29, 0.717) is 18.7 Å². The number of nitrogens with one attached hydrogen (secondary N) is 1. The number of hydrogen-bond donors (Lipinski definition) is 2. The smallest absolute Gasteiger partial charge is 0.138 e. The van der Waals surface area contributed by atoms with Crippen molar-refractivity contribution in [3.63, 3.8) is 0 Å². The maximum atomic E-state index is 13.5. The molecule has 0 saturated carbocycles. The Hall–Kier alpha value is -0.680. The molecule has 0 spiro atoms. The third kappa shape index (κ3) is 3.92. The molecule has 3 nitrogen and oxygen atoms in total. The van der Waals surface area contributed by atoms with Crippen molar-refractivity contribution < 1.29 is 19.1 Å². The van der Waals surface area contributed by atoms with E-state index >= 15 is 0 Å². The molecule has 0 bridgehead atoms. The van der Waals surface area contributed by atoms with Gasteiger partial charge in [-0.25, -0.2) is 4.39 Å². The van der Waals surface area contributed by atoms with Crippen LogP contribution in [-0.4, -0.2) is 37.0 Å². The predicted molar refractivity (Wildman–Crippen MR) is 69.2 cm³/mol. The van der Waals surface area contributed by atoms with Crippen LogP contribution in [0.15, 0.2) is 24.3 Å². The molecule has 2 N–H and O–H groups in total. The minimum atomic E-state index is -1.03. The largest absolute Gasteiger partial charge is 0.463 e. The van der Waals surface area contributed by atoms with Crippen LogP contribution >= 0.6 is 12.4 Å². The van der Waals surface area contributed by atoms with Gasteiger partial charge in [0, 0.05) is 6.42 Å². The van der Waals surface area contributed by atoms with Crippen LogP contribution in [0.1, 0.15) is 5.56 Å². The van der Waals surface area contributed by atoms with Crippen LogP contribution in [0.4, 0.5) is 4.39 Å². The molecule has 1 saturated heterocycles. The highest BCUT2D eigenvalue weighted by Crippen LogP contribution is 2.16. The molecule has 1 fully saturated rings. The first kappa shape index (κ1) is 15.4. The highest BCUT2D eigenvalue weighted by molar-refractivity contribution is 5.85. The molecule has 2 rings (SSSR count). The zero-order valence-electron chi connectivity index (χ0n) is 10.2. The van der Waals surface area contributed by atoms with E-state index in [9.17, 15) is 9.50 Å². The monoisotopic (exact) mass is 275 g/mol. The summed E-state index contributed by atoms with van der Waals surface area (Å²) in [4.78, 5) is 0.960. The predicted octanol–water partition coefficient (Wildman–Crippen LogP) is 0.228. The summed E-state index contributed by atoms with van der Waals surface area (Å²) in [7, 11) is 3.90. The fourth-order valence-electron chi connectivity index (χ4n) is 2.19. The van der Waals surface area contributed by atoms with E-state index in [0.717, 1.165) is 11.4 Å². The normalized spacial score (nSPS) is 28.3. The molecule has 2 atom stereocenters. The van der Waals surface area contributed by atoms with Crippen molar-refractivity contribution in [2.45, 2.75) is 12.0 Å². The van der Waals surface area contributed by atoms with E-state index in [1.807, 2.05) is 0 Å². The zero-order chi connectivity index (χ0) is 12.3. The summed E-state index contributed by atoms with van der Waals surface area (Å²) in [5.41, 5.74) is -0.510. The average Bonchev–Trinajstić information content (AvgIpc) is 2.43. The second-order valence-electron chi connectivity index (χ2n) is 4.72. The molecule has 0 amide bonds. The molecular formula is C13H19ClFNO2. The van der Waals surface area contributed by atoms with Crippen molar-refractivity contribution in [1.82, 2.24) is 0 Å². The van der Waals surface area contributed by atoms with Crippen molar-refractivity contribution in [2.24, 2.45) is 0 Å². The van der Waals surface area contributed by atoms with Gasteiger partial charge in [0.15, 0.2) is 0 Å². The van der Waals surface area contributed by atoms with Gasteiger partial charge < -0.3 is 14.7 Å². The Morgan fingerprint density at radius 2 is 2.17 bits per heavy atom. The molecule has 1 aliphatic rings. The van der Waals surface area contributed by atoms with E-state index in [-0.39, 0.29) is 31.3 Å². The molecule has 0 radical (unpaired) electrons. The summed E-state index contributed by atoms with van der Waals surface area (Å²) in [6, 6.07) is 6.52. The molecule has 18 heavy (non-hydrogen) atoms. The Morgan fingerprint density at radius 3 is 2.89 bits per heavy atom. The number of ether oxygens (including phenoxy) is 1. The molecular weight excluding hydrogens is 257 g/mol. The van der Waals surface area contributed by atoms with Gasteiger partial charge in [0.2, 0.25) is 0 Å². The first-order valence-electron chi connectivity index (χ1n) is 5.79. The minimum absolute atomic E-state index is 0. The van der Waals surface area contributed by atoms with Crippen LogP contribution in [0.25, 0.3) is 0 Å². The minimum Gasteiger partial charge on any atom is -0.463 e. The summed E-state index contributed by atoms with van der Waals surface area (Å²) in [6.07, 6.45) is 0.263. The van der Waals surface area contributed by atoms with Crippen LogP contribution in [0.5, 0.6) is 0 Å². The van der Waals surface area contributed by atoms with Crippen LogP contribution in [0.2, 0.25) is 0 Å². The Kier molecular flexibility index (Phi) is 5.53. The van der Waals surface area contributed by atoms with Gasteiger partial charge in [0.1, 0.15) is 11.4 Å². The quantitative estimate of drug-likeness (QED) is 0.758. The summed E-state index contributed by atoms with van der Waals surface area (Å²) in [5.74, 6) is -0.282. The average molecular weight is 276 g/mol. The fraction of sp³-hybridized carbons (Fsp3) is 0.462. The Bertz CT molecular complexity index is 391. The maximum absolute atomic E-state index is 13.5. The number of hydrogen-bond acceptors (Lipinski definition) is 2. The second-order valence-corrected chi connectivity index (χ2v) is 4.72. The highest BCUT2D eigenvalue weighted by atomic mass is 35.5. The van der Waals surface area contributed by atoms with Gasteiger partial charge in [-0.3, -0.25) is 0 Å². The first-order chi connectivity index (χ1) is 8.09. The third-order valence-corrected chi connectivity index (χ3v) is 3.03. The van der Waals surface area contributed by atoms with E-state index in [4.69, 9.17) is 4.74 Å². The molecule has 2 unspecified atom stereocenters. The lowest BCUT2D eigenvalue weighted by Gasteiger charge is -2.29. The van der Waals surface area contributed by atoms with Crippen molar-refractivity contribution in [1.29, 1.82) is 0 Å². The number of halogens is 2. The highest BCUT2D eigenvalue weighted by Gasteiger charge is 2.33. The van der Waals surface area contributed by atoms with Gasteiger partial charge in [-0.1, -0.05) is 18.2 Å². The number of quaternary nitrogens is 1. The van der Waals surface area contributed by atoms with Crippen molar-refractivity contribution in [3.8, 4) is 0 Å². The van der Waals surface area contributed by atoms with Crippen molar-refractivity contribution in [3.05, 3.63) is 42.7 Å². The summed E-state index contributed by atoms with van der Waals surface area (Å²) < 4.78 is 18.9. The van der Waals surface area contributed by atoms with Crippen LogP contribution in [-0.2, 0) is 11.2 Å². The maximum Gasteiger partial charge on any atom is 0.138 e. The van der Waals surface area contributed by atoms with Gasteiger partial charge in [0.25, 0.3) is 0 Å². The molecule has 1 aliphatic heterocycles. The fourth-order valence-corrected chi connectivity index (χ4v) is 2.19. The molecule has 1 aromatic carbocycles.